The number of hydrogen-bond donors (Lipinski definition) is 2. The Morgan fingerprint density at radius 1 is 1.33 bits per heavy atom. The minimum Gasteiger partial charge on any atom is -0.489 e. The van der Waals surface area contributed by atoms with Crippen LogP contribution in [0.2, 0.25) is 0 Å². The normalized spacial score (nSPS) is 19.2. The molecule has 1 aliphatic rings. The monoisotopic (exact) mass is 393 g/mol. The number of ether oxygens (including phenoxy) is 1. The number of rotatable bonds is 6. The zero-order chi connectivity index (χ0) is 18.5. The first-order valence-electron chi connectivity index (χ1n) is 9.19. The topological polar surface area (TPSA) is 76.4 Å². The second kappa shape index (κ2) is 9.76. The van der Waals surface area contributed by atoms with Crippen molar-refractivity contribution in [2.75, 3.05) is 6.54 Å². The Kier molecular flexibility index (Phi) is 7.68. The van der Waals surface area contributed by atoms with Gasteiger partial charge in [-0.1, -0.05) is 17.3 Å². The molecule has 0 bridgehead atoms. The number of aryl methyl sites for hydroxylation is 2. The maximum Gasteiger partial charge on any atom is 0.224 e. The van der Waals surface area contributed by atoms with E-state index in [9.17, 15) is 4.79 Å². The van der Waals surface area contributed by atoms with Crippen molar-refractivity contribution < 1.29 is 14.1 Å². The minimum absolute atomic E-state index is 0. The molecule has 0 spiro atoms. The molecule has 148 valence electrons. The fourth-order valence-electron chi connectivity index (χ4n) is 3.25. The number of benzene rings is 1. The summed E-state index contributed by atoms with van der Waals surface area (Å²) in [5, 5.41) is 10.5. The third-order valence-corrected chi connectivity index (χ3v) is 4.96. The van der Waals surface area contributed by atoms with Gasteiger partial charge in [0.2, 0.25) is 5.91 Å². The summed E-state index contributed by atoms with van der Waals surface area (Å²) >= 11 is 0. The summed E-state index contributed by atoms with van der Waals surface area (Å²) in [6, 6.07) is 8.20. The van der Waals surface area contributed by atoms with Gasteiger partial charge in [-0.3, -0.25) is 4.79 Å². The van der Waals surface area contributed by atoms with Gasteiger partial charge in [-0.05, 0) is 57.9 Å². The fraction of sp³-hybridized carbons (Fsp3) is 0.500. The highest BCUT2D eigenvalue weighted by molar-refractivity contribution is 5.85. The Hall–Kier alpha value is -2.05. The van der Waals surface area contributed by atoms with Gasteiger partial charge in [0.1, 0.15) is 18.1 Å². The number of carbonyl (C=O) groups is 1. The molecule has 1 fully saturated rings. The molecule has 1 amide bonds. The van der Waals surface area contributed by atoms with E-state index in [0.29, 0.717) is 19.1 Å². The molecule has 2 unspecified atom stereocenters. The summed E-state index contributed by atoms with van der Waals surface area (Å²) in [5.41, 5.74) is 2.80. The first-order chi connectivity index (χ1) is 12.5. The second-order valence-electron chi connectivity index (χ2n) is 6.97. The fourth-order valence-corrected chi connectivity index (χ4v) is 3.25. The molecular formula is C20H28ClN3O3. The van der Waals surface area contributed by atoms with E-state index in [-0.39, 0.29) is 24.4 Å². The number of halogens is 1. The third-order valence-electron chi connectivity index (χ3n) is 4.96. The lowest BCUT2D eigenvalue weighted by molar-refractivity contribution is -0.121. The number of nitrogens with zero attached hydrogens (tertiary/aromatic N) is 1. The van der Waals surface area contributed by atoms with Crippen LogP contribution < -0.4 is 15.4 Å². The summed E-state index contributed by atoms with van der Waals surface area (Å²) < 4.78 is 10.9. The highest BCUT2D eigenvalue weighted by atomic mass is 35.5. The smallest absolute Gasteiger partial charge is 0.224 e. The summed E-state index contributed by atoms with van der Waals surface area (Å²) in [7, 11) is 0. The Morgan fingerprint density at radius 2 is 2.07 bits per heavy atom. The Morgan fingerprint density at radius 3 is 2.70 bits per heavy atom. The summed E-state index contributed by atoms with van der Waals surface area (Å²) in [5.74, 6) is 1.61. The van der Waals surface area contributed by atoms with E-state index in [0.717, 1.165) is 47.7 Å². The van der Waals surface area contributed by atoms with Crippen molar-refractivity contribution in [3.63, 3.8) is 0 Å². The zero-order valence-corrected chi connectivity index (χ0v) is 16.9. The highest BCUT2D eigenvalue weighted by Crippen LogP contribution is 2.18. The van der Waals surface area contributed by atoms with E-state index in [4.69, 9.17) is 9.26 Å². The van der Waals surface area contributed by atoms with Gasteiger partial charge in [-0.15, -0.1) is 12.4 Å². The number of hydrogen-bond acceptors (Lipinski definition) is 5. The van der Waals surface area contributed by atoms with Crippen LogP contribution in [0.15, 0.2) is 28.8 Å². The van der Waals surface area contributed by atoms with Crippen LogP contribution in [-0.2, 0) is 17.8 Å². The van der Waals surface area contributed by atoms with Crippen LogP contribution in [0, 0.1) is 13.8 Å². The minimum atomic E-state index is 0. The van der Waals surface area contributed by atoms with Crippen molar-refractivity contribution >= 4 is 18.3 Å². The molecule has 7 heteroatoms. The molecule has 1 aromatic carbocycles. The predicted octanol–water partition coefficient (Wildman–Crippen LogP) is 3.09. The van der Waals surface area contributed by atoms with Crippen LogP contribution in [-0.4, -0.2) is 29.7 Å². The first kappa shape index (κ1) is 21.3. The maximum atomic E-state index is 12.3. The Bertz CT molecular complexity index is 726. The van der Waals surface area contributed by atoms with Gasteiger partial charge in [0.05, 0.1) is 17.7 Å². The quantitative estimate of drug-likeness (QED) is 0.788. The SMILES string of the molecule is Cc1noc(C)c1COc1ccc(CC(=O)NC2CCCNC2C)cc1.Cl. The van der Waals surface area contributed by atoms with E-state index < -0.39 is 0 Å². The zero-order valence-electron chi connectivity index (χ0n) is 16.1. The number of nitrogens with one attached hydrogen (secondary N) is 2. The van der Waals surface area contributed by atoms with Gasteiger partial charge in [-0.2, -0.15) is 0 Å². The van der Waals surface area contributed by atoms with Gasteiger partial charge < -0.3 is 19.9 Å². The molecule has 2 aromatic rings. The lowest BCUT2D eigenvalue weighted by Crippen LogP contribution is -2.52. The van der Waals surface area contributed by atoms with Crippen LogP contribution in [0.1, 0.15) is 42.3 Å². The number of aromatic nitrogens is 1. The van der Waals surface area contributed by atoms with Crippen LogP contribution >= 0.6 is 12.4 Å². The molecule has 27 heavy (non-hydrogen) atoms. The van der Waals surface area contributed by atoms with Gasteiger partial charge in [0, 0.05) is 12.1 Å². The van der Waals surface area contributed by atoms with Crippen LogP contribution in [0.4, 0.5) is 0 Å². The molecule has 2 heterocycles. The summed E-state index contributed by atoms with van der Waals surface area (Å²) in [4.78, 5) is 12.3. The molecule has 3 rings (SSSR count). The van der Waals surface area contributed by atoms with Gasteiger partial charge in [-0.25, -0.2) is 0 Å². The Balaban J connectivity index is 0.00000261. The molecule has 1 aromatic heterocycles. The molecule has 0 radical (unpaired) electrons. The van der Waals surface area contributed by atoms with Crippen molar-refractivity contribution in [3.8, 4) is 5.75 Å². The van der Waals surface area contributed by atoms with Gasteiger partial charge >= 0.3 is 0 Å². The van der Waals surface area contributed by atoms with Crippen molar-refractivity contribution in [2.45, 2.75) is 58.7 Å². The number of piperidine rings is 1. The van der Waals surface area contributed by atoms with E-state index >= 15 is 0 Å². The summed E-state index contributed by atoms with van der Waals surface area (Å²) in [6.45, 7) is 7.36. The third kappa shape index (κ3) is 5.71. The molecule has 0 saturated carbocycles. The number of carbonyl (C=O) groups excluding carboxylic acids is 1. The van der Waals surface area contributed by atoms with Crippen molar-refractivity contribution in [1.82, 2.24) is 15.8 Å². The van der Waals surface area contributed by atoms with Crippen LogP contribution in [0.5, 0.6) is 5.75 Å². The van der Waals surface area contributed by atoms with E-state index in [2.05, 4.69) is 22.7 Å². The average molecular weight is 394 g/mol. The largest absolute Gasteiger partial charge is 0.489 e. The van der Waals surface area contributed by atoms with Gasteiger partial charge in [0.25, 0.3) is 0 Å². The molecule has 1 aliphatic heterocycles. The number of amides is 1. The van der Waals surface area contributed by atoms with Crippen molar-refractivity contribution in [3.05, 3.63) is 46.8 Å². The van der Waals surface area contributed by atoms with E-state index in [1.807, 2.05) is 38.1 Å². The molecule has 6 nitrogen and oxygen atoms in total. The molecule has 2 N–H and O–H groups in total. The standard InChI is InChI=1S/C20H27N3O3.ClH/c1-13-18(15(3)26-23-13)12-25-17-8-6-16(7-9-17)11-20(24)22-19-5-4-10-21-14(19)2;/h6-9,14,19,21H,4-5,10-12H2,1-3H3,(H,22,24);1H. The molecule has 1 saturated heterocycles. The van der Waals surface area contributed by atoms with Crippen LogP contribution in [0.3, 0.4) is 0 Å². The first-order valence-corrected chi connectivity index (χ1v) is 9.19. The maximum absolute atomic E-state index is 12.3. The molecule has 0 aliphatic carbocycles. The predicted molar refractivity (Wildman–Crippen MR) is 106 cm³/mol. The van der Waals surface area contributed by atoms with Crippen molar-refractivity contribution in [2.24, 2.45) is 0 Å². The lowest BCUT2D eigenvalue weighted by atomic mass is 9.99. The molecular weight excluding hydrogens is 366 g/mol. The van der Waals surface area contributed by atoms with Crippen LogP contribution in [0.25, 0.3) is 0 Å². The van der Waals surface area contributed by atoms with E-state index in [1.165, 1.54) is 0 Å². The molecule has 2 atom stereocenters. The average Bonchev–Trinajstić information content (AvgIpc) is 2.94. The lowest BCUT2D eigenvalue weighted by Gasteiger charge is -2.30. The van der Waals surface area contributed by atoms with E-state index in [1.54, 1.807) is 0 Å². The Labute approximate surface area is 166 Å². The summed E-state index contributed by atoms with van der Waals surface area (Å²) in [6.07, 6.45) is 2.52. The van der Waals surface area contributed by atoms with Gasteiger partial charge in [0.15, 0.2) is 0 Å². The van der Waals surface area contributed by atoms with Crippen molar-refractivity contribution in [1.29, 1.82) is 0 Å². The highest BCUT2D eigenvalue weighted by Gasteiger charge is 2.22. The second-order valence-corrected chi connectivity index (χ2v) is 6.97.